The van der Waals surface area contributed by atoms with Crippen molar-refractivity contribution < 1.29 is 55.1 Å². The first-order valence-electron chi connectivity index (χ1n) is 14.8. The molecule has 0 aliphatic heterocycles. The molecule has 0 amide bonds. The lowest BCUT2D eigenvalue weighted by Crippen LogP contribution is -2.10. The zero-order valence-electron chi connectivity index (χ0n) is 27.7. The van der Waals surface area contributed by atoms with Crippen LogP contribution in [0.4, 0.5) is 17.6 Å². The van der Waals surface area contributed by atoms with Gasteiger partial charge in [-0.3, -0.25) is 19.9 Å². The van der Waals surface area contributed by atoms with Gasteiger partial charge in [-0.05, 0) is 24.3 Å². The van der Waals surface area contributed by atoms with Gasteiger partial charge in [0.1, 0.15) is 22.9 Å². The molecule has 6 aromatic rings. The van der Waals surface area contributed by atoms with Gasteiger partial charge in [-0.25, -0.2) is 0 Å². The minimum atomic E-state index is -2.92. The van der Waals surface area contributed by atoms with Crippen molar-refractivity contribution in [2.45, 2.75) is 35.0 Å². The summed E-state index contributed by atoms with van der Waals surface area (Å²) in [6, 6.07) is 11.8. The number of imidazole rings is 2. The van der Waals surface area contributed by atoms with Crippen LogP contribution in [0, 0.1) is 0 Å². The number of nitrogens with zero attached hydrogens (tertiary/aromatic N) is 4. The molecule has 2 N–H and O–H groups in total. The van der Waals surface area contributed by atoms with Crippen molar-refractivity contribution in [1.82, 2.24) is 29.9 Å². The number of ether oxygens (including phenoxy) is 6. The number of aromatic amines is 2. The minimum Gasteiger partial charge on any atom is -0.609 e. The molecule has 276 valence electrons. The second kappa shape index (κ2) is 17.4. The Hall–Kier alpha value is -5.18. The molecule has 2 atom stereocenters. The van der Waals surface area contributed by atoms with Crippen molar-refractivity contribution in [2.75, 3.05) is 28.4 Å². The van der Waals surface area contributed by atoms with Gasteiger partial charge in [-0.15, -0.1) is 0 Å². The number of halogens is 4. The van der Waals surface area contributed by atoms with Gasteiger partial charge in [0, 0.05) is 59.0 Å². The topological polar surface area (TPSA) is 185 Å². The highest BCUT2D eigenvalue weighted by Gasteiger charge is 2.24. The molecule has 4 heterocycles. The number of aromatic nitrogens is 6. The summed E-state index contributed by atoms with van der Waals surface area (Å²) in [6.45, 7) is -5.85. The summed E-state index contributed by atoms with van der Waals surface area (Å²) in [5.74, 6) is 1.79. The number of hydrogen-bond donors (Lipinski definition) is 2. The van der Waals surface area contributed by atoms with Gasteiger partial charge in [0.05, 0.1) is 50.5 Å². The van der Waals surface area contributed by atoms with E-state index in [2.05, 4.69) is 39.4 Å². The molecule has 0 radical (unpaired) electrons. The maximum absolute atomic E-state index is 12.6. The van der Waals surface area contributed by atoms with E-state index in [-0.39, 0.29) is 33.3 Å². The van der Waals surface area contributed by atoms with Gasteiger partial charge in [0.15, 0.2) is 34.5 Å². The SMILES string of the molecule is COc1ccnc(C[S+]([O-])c2nc3cc(OC(F)F)ccc3[nH]2)c1OC.COc1ccnc(C[S+]([O-])c2nc3cc(OC(F)F)ccc3[nH]2)c1OC. The molecular weight excluding hydrogens is 737 g/mol. The summed E-state index contributed by atoms with van der Waals surface area (Å²) >= 11 is -3.12. The summed E-state index contributed by atoms with van der Waals surface area (Å²) in [6.07, 6.45) is 3.06. The zero-order chi connectivity index (χ0) is 37.4. The lowest BCUT2D eigenvalue weighted by atomic mass is 10.3. The van der Waals surface area contributed by atoms with Crippen LogP contribution in [0.3, 0.4) is 0 Å². The molecule has 2 aromatic carbocycles. The normalized spacial score (nSPS) is 12.4. The highest BCUT2D eigenvalue weighted by molar-refractivity contribution is 7.90. The highest BCUT2D eigenvalue weighted by Crippen LogP contribution is 2.33. The average Bonchev–Trinajstić information content (AvgIpc) is 3.75. The summed E-state index contributed by atoms with van der Waals surface area (Å²) in [7, 11) is 5.93. The van der Waals surface area contributed by atoms with E-state index >= 15 is 0 Å². The lowest BCUT2D eigenvalue weighted by Gasteiger charge is -2.12. The van der Waals surface area contributed by atoms with E-state index in [0.29, 0.717) is 56.5 Å². The summed E-state index contributed by atoms with van der Waals surface area (Å²) in [5, 5.41) is 0.390. The maximum Gasteiger partial charge on any atom is 0.387 e. The fraction of sp³-hybridized carbons (Fsp3) is 0.250. The van der Waals surface area contributed by atoms with Crippen LogP contribution in [-0.4, -0.2) is 80.7 Å². The maximum atomic E-state index is 12.6. The predicted octanol–water partition coefficient (Wildman–Crippen LogP) is 5.77. The first-order chi connectivity index (χ1) is 25.0. The van der Waals surface area contributed by atoms with E-state index in [4.69, 9.17) is 18.9 Å². The molecule has 0 aliphatic carbocycles. The average molecular weight is 767 g/mol. The van der Waals surface area contributed by atoms with Crippen LogP contribution in [0.1, 0.15) is 11.4 Å². The molecule has 0 saturated carbocycles. The first-order valence-corrected chi connectivity index (χ1v) is 17.4. The summed E-state index contributed by atoms with van der Waals surface area (Å²) < 4.78 is 104. The van der Waals surface area contributed by atoms with Crippen LogP contribution in [0.25, 0.3) is 22.1 Å². The van der Waals surface area contributed by atoms with Gasteiger partial charge < -0.3 is 37.5 Å². The third kappa shape index (κ3) is 9.18. The molecule has 0 spiro atoms. The quantitative estimate of drug-likeness (QED) is 0.101. The molecule has 0 fully saturated rings. The molecule has 52 heavy (non-hydrogen) atoms. The first kappa shape index (κ1) is 38.1. The third-order valence-corrected chi connectivity index (χ3v) is 9.34. The fourth-order valence-corrected chi connectivity index (χ4v) is 6.81. The van der Waals surface area contributed by atoms with E-state index in [1.807, 2.05) is 0 Å². The van der Waals surface area contributed by atoms with Crippen LogP contribution >= 0.6 is 0 Å². The summed E-state index contributed by atoms with van der Waals surface area (Å²) in [4.78, 5) is 22.6. The zero-order valence-corrected chi connectivity index (χ0v) is 29.4. The highest BCUT2D eigenvalue weighted by atomic mass is 32.2. The number of fused-ring (bicyclic) bond motifs is 2. The van der Waals surface area contributed by atoms with Crippen molar-refractivity contribution in [3.63, 3.8) is 0 Å². The second-order valence-corrected chi connectivity index (χ2v) is 12.9. The molecule has 20 heteroatoms. The molecule has 6 rings (SSSR count). The number of alkyl halides is 4. The van der Waals surface area contributed by atoms with Gasteiger partial charge in [0.25, 0.3) is 0 Å². The van der Waals surface area contributed by atoms with E-state index in [9.17, 15) is 26.7 Å². The van der Waals surface area contributed by atoms with E-state index in [1.165, 1.54) is 77.2 Å². The Balaban J connectivity index is 0.000000201. The van der Waals surface area contributed by atoms with E-state index < -0.39 is 35.6 Å². The van der Waals surface area contributed by atoms with Crippen LogP contribution in [0.15, 0.2) is 71.2 Å². The molecule has 4 aromatic heterocycles. The van der Waals surface area contributed by atoms with Gasteiger partial charge >= 0.3 is 23.5 Å². The summed E-state index contributed by atoms with van der Waals surface area (Å²) in [5.41, 5.74) is 2.76. The van der Waals surface area contributed by atoms with Crippen molar-refractivity contribution in [1.29, 1.82) is 0 Å². The number of methoxy groups -OCH3 is 4. The Morgan fingerprint density at radius 1 is 0.615 bits per heavy atom. The monoisotopic (exact) mass is 766 g/mol. The minimum absolute atomic E-state index is 0.0209. The number of nitrogens with one attached hydrogen (secondary N) is 2. The van der Waals surface area contributed by atoms with Gasteiger partial charge in [-0.1, -0.05) is 0 Å². The van der Waals surface area contributed by atoms with Crippen LogP contribution in [0.2, 0.25) is 0 Å². The lowest BCUT2D eigenvalue weighted by molar-refractivity contribution is -0.0504. The molecule has 14 nitrogen and oxygen atoms in total. The van der Waals surface area contributed by atoms with E-state index in [1.54, 1.807) is 12.1 Å². The van der Waals surface area contributed by atoms with Crippen molar-refractivity contribution in [2.24, 2.45) is 0 Å². The molecule has 2 unspecified atom stereocenters. The molecular formula is C32H30F4N6O8S2. The number of pyridine rings is 2. The Morgan fingerprint density at radius 2 is 1.02 bits per heavy atom. The Labute approximate surface area is 299 Å². The van der Waals surface area contributed by atoms with Crippen LogP contribution < -0.4 is 28.4 Å². The van der Waals surface area contributed by atoms with Crippen molar-refractivity contribution in [3.05, 3.63) is 72.3 Å². The Bertz CT molecular complexity index is 1960. The largest absolute Gasteiger partial charge is 0.609 e. The van der Waals surface area contributed by atoms with Gasteiger partial charge in [0.2, 0.25) is 0 Å². The standard InChI is InChI=1S/2C16H15F2N3O4S/c2*1-23-13-5-6-19-12(14(13)24-2)8-26(22)16-20-10-4-3-9(25-15(17)18)7-11(10)21-16/h2*3-7,15H,8H2,1-2H3,(H,20,21). The molecule has 0 saturated heterocycles. The number of H-pyrrole nitrogens is 2. The number of benzene rings is 2. The number of hydrogen-bond acceptors (Lipinski definition) is 12. The van der Waals surface area contributed by atoms with Crippen molar-refractivity contribution in [3.8, 4) is 34.5 Å². The third-order valence-electron chi connectivity index (χ3n) is 7.02. The molecule has 0 aliphatic rings. The predicted molar refractivity (Wildman–Crippen MR) is 180 cm³/mol. The van der Waals surface area contributed by atoms with Crippen LogP contribution in [0.5, 0.6) is 34.5 Å². The van der Waals surface area contributed by atoms with E-state index in [0.717, 1.165) is 0 Å². The van der Waals surface area contributed by atoms with Crippen molar-refractivity contribution >= 4 is 44.4 Å². The number of rotatable bonds is 14. The Kier molecular flexibility index (Phi) is 12.7. The smallest absolute Gasteiger partial charge is 0.387 e. The molecule has 0 bridgehead atoms. The Morgan fingerprint density at radius 3 is 1.37 bits per heavy atom. The fourth-order valence-electron chi connectivity index (χ4n) is 4.78. The second-order valence-electron chi connectivity index (χ2n) is 10.2. The van der Waals surface area contributed by atoms with Crippen LogP contribution in [-0.2, 0) is 33.9 Å². The van der Waals surface area contributed by atoms with Gasteiger partial charge in [-0.2, -0.15) is 27.5 Å².